The molecule has 0 saturated heterocycles. The summed E-state index contributed by atoms with van der Waals surface area (Å²) in [6.07, 6.45) is 1.62. The van der Waals surface area contributed by atoms with E-state index in [1.807, 2.05) is 50.4 Å². The van der Waals surface area contributed by atoms with Crippen LogP contribution in [0.2, 0.25) is 0 Å². The van der Waals surface area contributed by atoms with Gasteiger partial charge < -0.3 is 15.4 Å². The zero-order valence-corrected chi connectivity index (χ0v) is 13.8. The minimum atomic E-state index is -0.220. The van der Waals surface area contributed by atoms with Crippen molar-refractivity contribution in [1.29, 1.82) is 0 Å². The number of thiazole rings is 1. The first-order valence-corrected chi connectivity index (χ1v) is 8.09. The molecule has 2 N–H and O–H groups in total. The van der Waals surface area contributed by atoms with Crippen molar-refractivity contribution < 1.29 is 9.53 Å². The maximum Gasteiger partial charge on any atom is 0.315 e. The van der Waals surface area contributed by atoms with Gasteiger partial charge in [0, 0.05) is 11.6 Å². The van der Waals surface area contributed by atoms with Crippen LogP contribution in [0.15, 0.2) is 35.8 Å². The van der Waals surface area contributed by atoms with Crippen LogP contribution in [0.4, 0.5) is 4.79 Å². The Morgan fingerprint density at radius 3 is 2.91 bits per heavy atom. The molecule has 0 bridgehead atoms. The Labute approximate surface area is 134 Å². The topological polar surface area (TPSA) is 63.2 Å². The van der Waals surface area contributed by atoms with Crippen molar-refractivity contribution in [2.24, 2.45) is 0 Å². The first-order chi connectivity index (χ1) is 10.5. The van der Waals surface area contributed by atoms with E-state index in [1.54, 1.807) is 6.20 Å². The van der Waals surface area contributed by atoms with Crippen LogP contribution >= 0.6 is 11.3 Å². The number of ether oxygens (including phenoxy) is 1. The third-order valence-corrected chi connectivity index (χ3v) is 4.00. The van der Waals surface area contributed by atoms with Crippen molar-refractivity contribution in [1.82, 2.24) is 15.6 Å². The van der Waals surface area contributed by atoms with E-state index in [4.69, 9.17) is 4.74 Å². The van der Waals surface area contributed by atoms with Gasteiger partial charge in [-0.25, -0.2) is 9.78 Å². The molecule has 0 aliphatic carbocycles. The fourth-order valence-corrected chi connectivity index (χ4v) is 2.60. The van der Waals surface area contributed by atoms with Crippen LogP contribution in [-0.2, 0) is 0 Å². The van der Waals surface area contributed by atoms with Gasteiger partial charge in [0.25, 0.3) is 0 Å². The van der Waals surface area contributed by atoms with Crippen molar-refractivity contribution in [2.75, 3.05) is 6.54 Å². The van der Waals surface area contributed by atoms with Crippen LogP contribution in [0.25, 0.3) is 0 Å². The maximum absolute atomic E-state index is 11.9. The molecule has 22 heavy (non-hydrogen) atoms. The molecule has 0 spiro atoms. The van der Waals surface area contributed by atoms with Crippen LogP contribution in [0.1, 0.15) is 30.5 Å². The average Bonchev–Trinajstić information content (AvgIpc) is 2.99. The second-order valence-corrected chi connectivity index (χ2v) is 6.12. The summed E-state index contributed by atoms with van der Waals surface area (Å²) in [4.78, 5) is 16.0. The Kier molecular flexibility index (Phi) is 5.77. The number of urea groups is 1. The van der Waals surface area contributed by atoms with E-state index >= 15 is 0 Å². The number of hydrogen-bond donors (Lipinski definition) is 2. The maximum atomic E-state index is 11.9. The summed E-state index contributed by atoms with van der Waals surface area (Å²) in [5.74, 6) is 0.811. The van der Waals surface area contributed by atoms with E-state index in [2.05, 4.69) is 15.6 Å². The van der Waals surface area contributed by atoms with Gasteiger partial charge in [0.2, 0.25) is 0 Å². The van der Waals surface area contributed by atoms with Gasteiger partial charge in [-0.1, -0.05) is 12.1 Å². The Morgan fingerprint density at radius 2 is 2.23 bits per heavy atom. The molecule has 2 aromatic rings. The Morgan fingerprint density at radius 1 is 1.41 bits per heavy atom. The molecule has 2 rings (SSSR count). The fraction of sp³-hybridized carbons (Fsp3) is 0.375. The number of carbonyl (C=O) groups excluding carboxylic acids is 1. The highest BCUT2D eigenvalue weighted by atomic mass is 32.1. The second-order valence-electron chi connectivity index (χ2n) is 5.19. The van der Waals surface area contributed by atoms with E-state index in [-0.39, 0.29) is 18.2 Å². The lowest BCUT2D eigenvalue weighted by atomic mass is 10.2. The Balaban J connectivity index is 1.73. The minimum absolute atomic E-state index is 0.104. The van der Waals surface area contributed by atoms with Crippen LogP contribution in [0, 0.1) is 6.92 Å². The summed E-state index contributed by atoms with van der Waals surface area (Å²) in [5.41, 5.74) is 1.15. The number of aromatic nitrogens is 1. The molecule has 1 aromatic heterocycles. The van der Waals surface area contributed by atoms with Gasteiger partial charge in [-0.15, -0.1) is 11.3 Å². The predicted octanol–water partition coefficient (Wildman–Crippen LogP) is 3.28. The monoisotopic (exact) mass is 319 g/mol. The van der Waals surface area contributed by atoms with E-state index in [0.717, 1.165) is 16.3 Å². The summed E-state index contributed by atoms with van der Waals surface area (Å²) in [6.45, 7) is 6.28. The third kappa shape index (κ3) is 5.04. The normalized spacial score (nSPS) is 13.2. The first kappa shape index (κ1) is 16.3. The van der Waals surface area contributed by atoms with Gasteiger partial charge in [0.1, 0.15) is 16.9 Å². The van der Waals surface area contributed by atoms with Crippen molar-refractivity contribution in [3.05, 3.63) is 46.4 Å². The Hall–Kier alpha value is -2.08. The molecule has 0 aliphatic heterocycles. The molecule has 0 fully saturated rings. The quantitative estimate of drug-likeness (QED) is 0.859. The highest BCUT2D eigenvalue weighted by Crippen LogP contribution is 2.15. The van der Waals surface area contributed by atoms with Gasteiger partial charge in [-0.2, -0.15) is 0 Å². The van der Waals surface area contributed by atoms with Crippen LogP contribution in [0.5, 0.6) is 5.75 Å². The number of nitrogens with zero attached hydrogens (tertiary/aromatic N) is 1. The number of benzene rings is 1. The summed E-state index contributed by atoms with van der Waals surface area (Å²) >= 11 is 1.52. The van der Waals surface area contributed by atoms with E-state index in [0.29, 0.717) is 6.54 Å². The number of nitrogens with one attached hydrogen (secondary N) is 2. The highest BCUT2D eigenvalue weighted by molar-refractivity contribution is 7.09. The van der Waals surface area contributed by atoms with Gasteiger partial charge >= 0.3 is 6.03 Å². The Bertz CT molecular complexity index is 601. The van der Waals surface area contributed by atoms with Gasteiger partial charge in [-0.05, 0) is 38.5 Å². The largest absolute Gasteiger partial charge is 0.489 e. The number of rotatable bonds is 6. The van der Waals surface area contributed by atoms with Gasteiger partial charge in [0.15, 0.2) is 0 Å². The standard InChI is InChI=1S/C16H21N3O2S/c1-11-5-4-6-14(9-11)21-12(2)10-18-16(20)19-13(3)15-17-7-8-22-15/h4-9,12-13H,10H2,1-3H3,(H2,18,19,20)/t12-,13-/m0/s1. The molecule has 6 heteroatoms. The summed E-state index contributed by atoms with van der Waals surface area (Å²) in [6, 6.07) is 7.53. The molecule has 0 aliphatic rings. The number of hydrogen-bond acceptors (Lipinski definition) is 4. The van der Waals surface area contributed by atoms with Crippen LogP contribution in [-0.4, -0.2) is 23.7 Å². The lowest BCUT2D eigenvalue weighted by molar-refractivity contribution is 0.206. The molecule has 1 heterocycles. The van der Waals surface area contributed by atoms with Crippen molar-refractivity contribution >= 4 is 17.4 Å². The van der Waals surface area contributed by atoms with Gasteiger partial charge in [0.05, 0.1) is 12.6 Å². The average molecular weight is 319 g/mol. The smallest absolute Gasteiger partial charge is 0.315 e. The molecule has 118 valence electrons. The summed E-state index contributed by atoms with van der Waals surface area (Å²) in [5, 5.41) is 8.45. The summed E-state index contributed by atoms with van der Waals surface area (Å²) in [7, 11) is 0. The van der Waals surface area contributed by atoms with E-state index in [9.17, 15) is 4.79 Å². The number of carbonyl (C=O) groups is 1. The number of amides is 2. The molecule has 0 radical (unpaired) electrons. The molecule has 2 amide bonds. The molecule has 2 atom stereocenters. The van der Waals surface area contributed by atoms with Crippen molar-refractivity contribution in [3.63, 3.8) is 0 Å². The molecular weight excluding hydrogens is 298 g/mol. The predicted molar refractivity (Wildman–Crippen MR) is 88.3 cm³/mol. The second kappa shape index (κ2) is 7.79. The zero-order chi connectivity index (χ0) is 15.9. The SMILES string of the molecule is Cc1cccc(O[C@@H](C)CNC(=O)N[C@@H](C)c2nccs2)c1. The third-order valence-electron chi connectivity index (χ3n) is 3.05. The van der Waals surface area contributed by atoms with E-state index in [1.165, 1.54) is 11.3 Å². The molecule has 0 saturated carbocycles. The zero-order valence-electron chi connectivity index (χ0n) is 13.0. The van der Waals surface area contributed by atoms with Gasteiger partial charge in [-0.3, -0.25) is 0 Å². The lowest BCUT2D eigenvalue weighted by Crippen LogP contribution is -2.41. The molecule has 1 aromatic carbocycles. The van der Waals surface area contributed by atoms with Crippen molar-refractivity contribution in [2.45, 2.75) is 32.9 Å². The highest BCUT2D eigenvalue weighted by Gasteiger charge is 2.12. The van der Waals surface area contributed by atoms with Crippen LogP contribution < -0.4 is 15.4 Å². The fourth-order valence-electron chi connectivity index (χ4n) is 1.96. The minimum Gasteiger partial charge on any atom is -0.489 e. The summed E-state index contributed by atoms with van der Waals surface area (Å²) < 4.78 is 5.77. The van der Waals surface area contributed by atoms with Crippen LogP contribution in [0.3, 0.4) is 0 Å². The molecule has 5 nitrogen and oxygen atoms in total. The van der Waals surface area contributed by atoms with Crippen molar-refractivity contribution in [3.8, 4) is 5.75 Å². The molecule has 0 unspecified atom stereocenters. The lowest BCUT2D eigenvalue weighted by Gasteiger charge is -2.17. The number of aryl methyl sites for hydroxylation is 1. The molecular formula is C16H21N3O2S. The first-order valence-electron chi connectivity index (χ1n) is 7.21. The van der Waals surface area contributed by atoms with E-state index < -0.39 is 0 Å².